The number of carbonyl (C=O) groups excluding carboxylic acids is 1. The number of hydrogen-bond acceptors (Lipinski definition) is 5. The van der Waals surface area contributed by atoms with Crippen molar-refractivity contribution in [2.45, 2.75) is 33.2 Å². The Morgan fingerprint density at radius 1 is 1.27 bits per heavy atom. The van der Waals surface area contributed by atoms with Gasteiger partial charge in [0, 0.05) is 62.1 Å². The minimum absolute atomic E-state index is 0.150. The third kappa shape index (κ3) is 3.27. The summed E-state index contributed by atoms with van der Waals surface area (Å²) in [4.78, 5) is 26.3. The molecule has 8 nitrogen and oxygen atoms in total. The van der Waals surface area contributed by atoms with Gasteiger partial charge in [-0.1, -0.05) is 0 Å². The molecule has 0 saturated carbocycles. The molecule has 0 aromatic carbocycles. The number of nitrogens with zero attached hydrogens (tertiary/aromatic N) is 5. The van der Waals surface area contributed by atoms with E-state index in [9.17, 15) is 4.79 Å². The number of aromatic nitrogens is 3. The molecule has 1 saturated heterocycles. The zero-order valence-electron chi connectivity index (χ0n) is 17.6. The first-order chi connectivity index (χ1) is 14.5. The molecule has 0 radical (unpaired) electrons. The fourth-order valence-electron chi connectivity index (χ4n) is 4.57. The van der Waals surface area contributed by atoms with Crippen LogP contribution < -0.4 is 20.4 Å². The van der Waals surface area contributed by atoms with Crippen LogP contribution in [0.3, 0.4) is 0 Å². The number of urea groups is 1. The van der Waals surface area contributed by atoms with E-state index < -0.39 is 0 Å². The number of hydrogen-bond donors (Lipinski definition) is 2. The van der Waals surface area contributed by atoms with Crippen LogP contribution >= 0.6 is 0 Å². The van der Waals surface area contributed by atoms with Crippen molar-refractivity contribution < 1.29 is 4.79 Å². The summed E-state index contributed by atoms with van der Waals surface area (Å²) in [6.07, 6.45) is 6.51. The van der Waals surface area contributed by atoms with Gasteiger partial charge in [-0.05, 0) is 44.9 Å². The van der Waals surface area contributed by atoms with Gasteiger partial charge in [0.2, 0.25) is 0 Å². The lowest BCUT2D eigenvalue weighted by Gasteiger charge is -2.34. The molecule has 5 heterocycles. The van der Waals surface area contributed by atoms with Crippen LogP contribution in [0.5, 0.6) is 0 Å². The summed E-state index contributed by atoms with van der Waals surface area (Å²) in [7, 11) is 0. The molecule has 156 valence electrons. The summed E-state index contributed by atoms with van der Waals surface area (Å²) in [6, 6.07) is 4.34. The summed E-state index contributed by atoms with van der Waals surface area (Å²) < 4.78 is 1.96. The predicted molar refractivity (Wildman–Crippen MR) is 119 cm³/mol. The van der Waals surface area contributed by atoms with E-state index in [0.717, 1.165) is 54.5 Å². The highest BCUT2D eigenvalue weighted by Gasteiger charge is 2.30. The molecule has 2 N–H and O–H groups in total. The van der Waals surface area contributed by atoms with E-state index in [1.807, 2.05) is 42.9 Å². The van der Waals surface area contributed by atoms with E-state index in [2.05, 4.69) is 38.5 Å². The SMILES string of the molecule is Cc1cn2cc(NC(=O)N3CCc4c(N5CCN[C@H](C)C5)ccnc43)cc(C)c2n1. The molecule has 1 atom stereocenters. The van der Waals surface area contributed by atoms with Crippen molar-refractivity contribution in [3.63, 3.8) is 0 Å². The van der Waals surface area contributed by atoms with Gasteiger partial charge in [-0.3, -0.25) is 4.90 Å². The quantitative estimate of drug-likeness (QED) is 0.686. The number of aryl methyl sites for hydroxylation is 2. The number of anilines is 3. The maximum Gasteiger partial charge on any atom is 0.327 e. The van der Waals surface area contributed by atoms with Crippen LogP contribution in [0.1, 0.15) is 23.7 Å². The van der Waals surface area contributed by atoms with Gasteiger partial charge in [0.1, 0.15) is 11.5 Å². The third-order valence-electron chi connectivity index (χ3n) is 5.91. The Morgan fingerprint density at radius 3 is 2.97 bits per heavy atom. The molecule has 8 heteroatoms. The van der Waals surface area contributed by atoms with Crippen molar-refractivity contribution in [2.24, 2.45) is 0 Å². The molecule has 0 bridgehead atoms. The van der Waals surface area contributed by atoms with Gasteiger partial charge in [-0.15, -0.1) is 0 Å². The van der Waals surface area contributed by atoms with Crippen molar-refractivity contribution >= 4 is 28.9 Å². The maximum absolute atomic E-state index is 13.1. The molecule has 2 amide bonds. The Labute approximate surface area is 175 Å². The largest absolute Gasteiger partial charge is 0.368 e. The van der Waals surface area contributed by atoms with Gasteiger partial charge in [0.15, 0.2) is 0 Å². The number of imidazole rings is 1. The molecule has 3 aromatic heterocycles. The zero-order chi connectivity index (χ0) is 20.8. The summed E-state index contributed by atoms with van der Waals surface area (Å²) in [5.41, 5.74) is 6.01. The Bertz CT molecular complexity index is 1120. The second-order valence-corrected chi connectivity index (χ2v) is 8.29. The average Bonchev–Trinajstić information content (AvgIpc) is 3.31. The molecule has 5 rings (SSSR count). The number of nitrogens with one attached hydrogen (secondary N) is 2. The summed E-state index contributed by atoms with van der Waals surface area (Å²) in [5, 5.41) is 6.53. The topological polar surface area (TPSA) is 77.8 Å². The number of piperazine rings is 1. The number of amides is 2. The minimum Gasteiger partial charge on any atom is -0.368 e. The van der Waals surface area contributed by atoms with Crippen LogP contribution in [0.15, 0.2) is 30.7 Å². The summed E-state index contributed by atoms with van der Waals surface area (Å²) >= 11 is 0. The molecule has 1 fully saturated rings. The molecule has 2 aliphatic heterocycles. The van der Waals surface area contributed by atoms with Crippen molar-refractivity contribution in [3.05, 3.63) is 47.5 Å². The predicted octanol–water partition coefficient (Wildman–Crippen LogP) is 2.74. The Kier molecular flexibility index (Phi) is 4.58. The van der Waals surface area contributed by atoms with E-state index in [4.69, 9.17) is 0 Å². The molecule has 0 spiro atoms. The van der Waals surface area contributed by atoms with Crippen LogP contribution in [-0.4, -0.2) is 52.6 Å². The van der Waals surface area contributed by atoms with Crippen molar-refractivity contribution in [1.82, 2.24) is 19.7 Å². The molecule has 0 unspecified atom stereocenters. The van der Waals surface area contributed by atoms with E-state index >= 15 is 0 Å². The lowest BCUT2D eigenvalue weighted by molar-refractivity contribution is 0.257. The van der Waals surface area contributed by atoms with Gasteiger partial charge in [0.05, 0.1) is 11.4 Å². The second kappa shape index (κ2) is 7.28. The van der Waals surface area contributed by atoms with Crippen LogP contribution in [0.4, 0.5) is 22.0 Å². The van der Waals surface area contributed by atoms with Crippen LogP contribution in [0.25, 0.3) is 5.65 Å². The summed E-state index contributed by atoms with van der Waals surface area (Å²) in [5.74, 6) is 0.771. The fourth-order valence-corrected chi connectivity index (χ4v) is 4.57. The molecule has 30 heavy (non-hydrogen) atoms. The Balaban J connectivity index is 1.39. The highest BCUT2D eigenvalue weighted by Crippen LogP contribution is 2.34. The lowest BCUT2D eigenvalue weighted by atomic mass is 10.1. The van der Waals surface area contributed by atoms with Crippen LogP contribution in [-0.2, 0) is 6.42 Å². The molecule has 0 aliphatic carbocycles. The highest BCUT2D eigenvalue weighted by atomic mass is 16.2. The normalized spacial score (nSPS) is 18.7. The van der Waals surface area contributed by atoms with Gasteiger partial charge in [-0.2, -0.15) is 0 Å². The number of rotatable bonds is 2. The molecular formula is C22H27N7O. The van der Waals surface area contributed by atoms with E-state index in [0.29, 0.717) is 12.6 Å². The lowest BCUT2D eigenvalue weighted by Crippen LogP contribution is -2.49. The van der Waals surface area contributed by atoms with Crippen molar-refractivity contribution in [3.8, 4) is 0 Å². The maximum atomic E-state index is 13.1. The smallest absolute Gasteiger partial charge is 0.327 e. The first-order valence-electron chi connectivity index (χ1n) is 10.5. The van der Waals surface area contributed by atoms with Gasteiger partial charge in [0.25, 0.3) is 0 Å². The molecule has 2 aliphatic rings. The summed E-state index contributed by atoms with van der Waals surface area (Å²) in [6.45, 7) is 9.71. The van der Waals surface area contributed by atoms with Crippen molar-refractivity contribution in [2.75, 3.05) is 41.3 Å². The minimum atomic E-state index is -0.150. The monoisotopic (exact) mass is 405 g/mol. The van der Waals surface area contributed by atoms with E-state index in [1.54, 1.807) is 4.90 Å². The van der Waals surface area contributed by atoms with Crippen LogP contribution in [0.2, 0.25) is 0 Å². The molecule has 3 aromatic rings. The van der Waals surface area contributed by atoms with Gasteiger partial charge in [-0.25, -0.2) is 14.8 Å². The number of pyridine rings is 2. The number of carbonyl (C=O) groups is 1. The van der Waals surface area contributed by atoms with Gasteiger partial charge >= 0.3 is 6.03 Å². The Morgan fingerprint density at radius 2 is 2.13 bits per heavy atom. The number of fused-ring (bicyclic) bond motifs is 2. The average molecular weight is 406 g/mol. The first kappa shape index (κ1) is 18.9. The molecular weight excluding hydrogens is 378 g/mol. The van der Waals surface area contributed by atoms with Crippen LogP contribution in [0, 0.1) is 13.8 Å². The standard InChI is InChI=1S/C22H27N7O/c1-14-10-17(13-28-12-16(3)25-20(14)28)26-22(30)29-8-5-18-19(4-6-24-21(18)29)27-9-7-23-15(2)11-27/h4,6,10,12-13,15,23H,5,7-9,11H2,1-3H3,(H,26,30)/t15-/m1/s1. The Hall–Kier alpha value is -3.13. The van der Waals surface area contributed by atoms with E-state index in [-0.39, 0.29) is 6.03 Å². The van der Waals surface area contributed by atoms with Gasteiger partial charge < -0.3 is 19.9 Å². The zero-order valence-corrected chi connectivity index (χ0v) is 17.6. The van der Waals surface area contributed by atoms with Crippen molar-refractivity contribution in [1.29, 1.82) is 0 Å². The first-order valence-corrected chi connectivity index (χ1v) is 10.5. The third-order valence-corrected chi connectivity index (χ3v) is 5.91. The fraction of sp³-hybridized carbons (Fsp3) is 0.409. The van der Waals surface area contributed by atoms with E-state index in [1.165, 1.54) is 11.3 Å². The second-order valence-electron chi connectivity index (χ2n) is 8.29. The highest BCUT2D eigenvalue weighted by molar-refractivity contribution is 6.03.